The summed E-state index contributed by atoms with van der Waals surface area (Å²) in [5.41, 5.74) is 1.69. The Morgan fingerprint density at radius 2 is 2.14 bits per heavy atom. The molecular weight excluding hydrogens is 268 g/mol. The quantitative estimate of drug-likeness (QED) is 0.918. The fraction of sp³-hybridized carbons (Fsp3) is 0.500. The Morgan fingerprint density at radius 1 is 1.33 bits per heavy atom. The Morgan fingerprint density at radius 3 is 2.90 bits per heavy atom. The van der Waals surface area contributed by atoms with Gasteiger partial charge in [0.15, 0.2) is 0 Å². The molecule has 3 rings (SSSR count). The molecule has 0 atom stereocenters. The molecule has 0 spiro atoms. The molecule has 0 unspecified atom stereocenters. The summed E-state index contributed by atoms with van der Waals surface area (Å²) >= 11 is 0. The number of imidazole rings is 1. The van der Waals surface area contributed by atoms with E-state index >= 15 is 0 Å². The molecule has 0 bridgehead atoms. The standard InChI is InChI=1S/C16H20N2O3/c19-16(20)13-7-4-8-14-15(13)18(11-17-14)9-10-21-12-5-2-1-3-6-12/h4,7-8,11-12H,1-3,5-6,9-10H2,(H,19,20). The Balaban J connectivity index is 1.70. The van der Waals surface area contributed by atoms with Gasteiger partial charge >= 0.3 is 5.97 Å². The van der Waals surface area contributed by atoms with Gasteiger partial charge in [-0.3, -0.25) is 0 Å². The molecule has 2 aromatic rings. The first-order valence-corrected chi connectivity index (χ1v) is 7.54. The SMILES string of the molecule is O=C(O)c1cccc2ncn(CCOC3CCCCC3)c12. The highest BCUT2D eigenvalue weighted by Gasteiger charge is 2.15. The maximum absolute atomic E-state index is 11.3. The first-order chi connectivity index (χ1) is 10.3. The van der Waals surface area contributed by atoms with Crippen LogP contribution in [0.1, 0.15) is 42.5 Å². The van der Waals surface area contributed by atoms with Gasteiger partial charge in [0.05, 0.1) is 35.6 Å². The van der Waals surface area contributed by atoms with Crippen LogP contribution in [0.2, 0.25) is 0 Å². The molecule has 112 valence electrons. The van der Waals surface area contributed by atoms with Gasteiger partial charge in [-0.25, -0.2) is 9.78 Å². The van der Waals surface area contributed by atoms with Crippen LogP contribution in [0.25, 0.3) is 11.0 Å². The van der Waals surface area contributed by atoms with Crippen molar-refractivity contribution in [3.05, 3.63) is 30.1 Å². The second kappa shape index (κ2) is 6.26. The van der Waals surface area contributed by atoms with E-state index in [2.05, 4.69) is 4.98 Å². The van der Waals surface area contributed by atoms with Crippen molar-refractivity contribution in [3.8, 4) is 0 Å². The predicted octanol–water partition coefficient (Wildman–Crippen LogP) is 3.08. The van der Waals surface area contributed by atoms with Gasteiger partial charge in [-0.2, -0.15) is 0 Å². The molecule has 1 N–H and O–H groups in total. The lowest BCUT2D eigenvalue weighted by molar-refractivity contribution is 0.0244. The van der Waals surface area contributed by atoms with E-state index in [-0.39, 0.29) is 0 Å². The van der Waals surface area contributed by atoms with Crippen LogP contribution in [0.5, 0.6) is 0 Å². The number of para-hydroxylation sites is 1. The zero-order chi connectivity index (χ0) is 14.7. The fourth-order valence-corrected chi connectivity index (χ4v) is 3.02. The molecule has 1 aliphatic rings. The van der Waals surface area contributed by atoms with Crippen LogP contribution in [0, 0.1) is 0 Å². The van der Waals surface area contributed by atoms with E-state index in [0.717, 1.165) is 12.8 Å². The molecule has 1 aliphatic carbocycles. The summed E-state index contributed by atoms with van der Waals surface area (Å²) in [7, 11) is 0. The number of ether oxygens (including phenoxy) is 1. The van der Waals surface area contributed by atoms with Crippen LogP contribution in [0.4, 0.5) is 0 Å². The van der Waals surface area contributed by atoms with Crippen LogP contribution in [-0.4, -0.2) is 33.3 Å². The van der Waals surface area contributed by atoms with E-state index in [9.17, 15) is 9.90 Å². The van der Waals surface area contributed by atoms with Crippen LogP contribution >= 0.6 is 0 Å². The van der Waals surface area contributed by atoms with E-state index in [0.29, 0.717) is 35.9 Å². The second-order valence-electron chi connectivity index (χ2n) is 5.55. The van der Waals surface area contributed by atoms with Gasteiger partial charge in [0.25, 0.3) is 0 Å². The maximum atomic E-state index is 11.3. The summed E-state index contributed by atoms with van der Waals surface area (Å²) in [6, 6.07) is 5.17. The first kappa shape index (κ1) is 14.1. The Labute approximate surface area is 123 Å². The number of fused-ring (bicyclic) bond motifs is 1. The van der Waals surface area contributed by atoms with Crippen molar-refractivity contribution < 1.29 is 14.6 Å². The molecule has 1 aromatic carbocycles. The number of hydrogen-bond acceptors (Lipinski definition) is 3. The Hall–Kier alpha value is -1.88. The number of aromatic carboxylic acids is 1. The fourth-order valence-electron chi connectivity index (χ4n) is 3.02. The summed E-state index contributed by atoms with van der Waals surface area (Å²) in [5.74, 6) is -0.921. The number of hydrogen-bond donors (Lipinski definition) is 1. The lowest BCUT2D eigenvalue weighted by Gasteiger charge is -2.22. The third kappa shape index (κ3) is 3.08. The lowest BCUT2D eigenvalue weighted by Crippen LogP contribution is -2.19. The monoisotopic (exact) mass is 288 g/mol. The van der Waals surface area contributed by atoms with Crippen molar-refractivity contribution in [2.45, 2.75) is 44.8 Å². The number of carboxylic acids is 1. The second-order valence-corrected chi connectivity index (χ2v) is 5.55. The van der Waals surface area contributed by atoms with Crippen LogP contribution in [-0.2, 0) is 11.3 Å². The summed E-state index contributed by atoms with van der Waals surface area (Å²) in [6.07, 6.45) is 8.17. The molecule has 0 amide bonds. The highest BCUT2D eigenvalue weighted by molar-refractivity contribution is 6.01. The number of carbonyl (C=O) groups is 1. The summed E-state index contributed by atoms with van der Waals surface area (Å²) in [6.45, 7) is 1.24. The van der Waals surface area contributed by atoms with Crippen molar-refractivity contribution in [2.75, 3.05) is 6.61 Å². The maximum Gasteiger partial charge on any atom is 0.337 e. The lowest BCUT2D eigenvalue weighted by atomic mass is 9.98. The van der Waals surface area contributed by atoms with Gasteiger partial charge in [-0.05, 0) is 25.0 Å². The third-order valence-corrected chi connectivity index (χ3v) is 4.11. The topological polar surface area (TPSA) is 64.3 Å². The molecule has 5 heteroatoms. The van der Waals surface area contributed by atoms with Crippen LogP contribution < -0.4 is 0 Å². The molecule has 1 fully saturated rings. The molecule has 1 heterocycles. The van der Waals surface area contributed by atoms with Gasteiger partial charge in [0.2, 0.25) is 0 Å². The average molecular weight is 288 g/mol. The molecule has 21 heavy (non-hydrogen) atoms. The highest BCUT2D eigenvalue weighted by atomic mass is 16.5. The van der Waals surface area contributed by atoms with Crippen molar-refractivity contribution in [1.29, 1.82) is 0 Å². The van der Waals surface area contributed by atoms with Gasteiger partial charge in [-0.15, -0.1) is 0 Å². The highest BCUT2D eigenvalue weighted by Crippen LogP contribution is 2.21. The van der Waals surface area contributed by atoms with E-state index in [1.165, 1.54) is 19.3 Å². The van der Waals surface area contributed by atoms with Gasteiger partial charge in [0.1, 0.15) is 0 Å². The number of rotatable bonds is 5. The minimum Gasteiger partial charge on any atom is -0.478 e. The van der Waals surface area contributed by atoms with Crippen molar-refractivity contribution in [2.24, 2.45) is 0 Å². The van der Waals surface area contributed by atoms with Gasteiger partial charge < -0.3 is 14.4 Å². The first-order valence-electron chi connectivity index (χ1n) is 7.54. The van der Waals surface area contributed by atoms with Crippen molar-refractivity contribution in [3.63, 3.8) is 0 Å². The normalized spacial score (nSPS) is 16.4. The van der Waals surface area contributed by atoms with Gasteiger partial charge in [-0.1, -0.05) is 25.3 Å². The molecule has 0 radical (unpaired) electrons. The third-order valence-electron chi connectivity index (χ3n) is 4.11. The summed E-state index contributed by atoms with van der Waals surface area (Å²) in [5, 5.41) is 9.28. The molecule has 1 saturated carbocycles. The minimum absolute atomic E-state index is 0.294. The van der Waals surface area contributed by atoms with Crippen molar-refractivity contribution >= 4 is 17.0 Å². The number of nitrogens with zero attached hydrogens (tertiary/aromatic N) is 2. The molecule has 0 aliphatic heterocycles. The molecule has 1 aromatic heterocycles. The minimum atomic E-state index is -0.921. The molecular formula is C16H20N2O3. The summed E-state index contributed by atoms with van der Waals surface area (Å²) < 4.78 is 7.79. The van der Waals surface area contributed by atoms with Crippen molar-refractivity contribution in [1.82, 2.24) is 9.55 Å². The number of aromatic nitrogens is 2. The van der Waals surface area contributed by atoms with Crippen LogP contribution in [0.15, 0.2) is 24.5 Å². The zero-order valence-corrected chi connectivity index (χ0v) is 12.0. The van der Waals surface area contributed by atoms with E-state index < -0.39 is 5.97 Å². The van der Waals surface area contributed by atoms with Gasteiger partial charge in [0, 0.05) is 6.54 Å². The number of benzene rings is 1. The van der Waals surface area contributed by atoms with Crippen LogP contribution in [0.3, 0.4) is 0 Å². The van der Waals surface area contributed by atoms with E-state index in [1.807, 2.05) is 10.6 Å². The Bertz CT molecular complexity index is 629. The molecule has 5 nitrogen and oxygen atoms in total. The number of carboxylic acid groups (broad SMARTS) is 1. The average Bonchev–Trinajstić information content (AvgIpc) is 2.91. The van der Waals surface area contributed by atoms with E-state index in [1.54, 1.807) is 18.5 Å². The Kier molecular flexibility index (Phi) is 4.20. The van der Waals surface area contributed by atoms with E-state index in [4.69, 9.17) is 4.74 Å². The largest absolute Gasteiger partial charge is 0.478 e. The smallest absolute Gasteiger partial charge is 0.337 e. The predicted molar refractivity (Wildman–Crippen MR) is 79.5 cm³/mol. The summed E-state index contributed by atoms with van der Waals surface area (Å²) in [4.78, 5) is 15.6. The molecule has 0 saturated heterocycles. The zero-order valence-electron chi connectivity index (χ0n) is 12.0.